The lowest BCUT2D eigenvalue weighted by molar-refractivity contribution is -0.140. The van der Waals surface area contributed by atoms with Crippen molar-refractivity contribution in [1.82, 2.24) is 19.9 Å². The number of methoxy groups -OCH3 is 2. The van der Waals surface area contributed by atoms with Crippen LogP contribution in [0.5, 0.6) is 5.75 Å². The molecule has 1 fully saturated rings. The van der Waals surface area contributed by atoms with Gasteiger partial charge in [-0.1, -0.05) is 6.92 Å². The highest BCUT2D eigenvalue weighted by molar-refractivity contribution is 7.09. The van der Waals surface area contributed by atoms with Crippen LogP contribution >= 0.6 is 11.3 Å². The first-order chi connectivity index (χ1) is 19.1. The summed E-state index contributed by atoms with van der Waals surface area (Å²) in [5, 5.41) is 3.09. The van der Waals surface area contributed by atoms with Gasteiger partial charge in [-0.2, -0.15) is 13.2 Å². The van der Waals surface area contributed by atoms with Gasteiger partial charge in [-0.15, -0.1) is 11.3 Å². The Morgan fingerprint density at radius 3 is 2.55 bits per heavy atom. The third kappa shape index (κ3) is 4.93. The molecule has 1 aromatic carbocycles. The molecule has 0 unspecified atom stereocenters. The predicted molar refractivity (Wildman–Crippen MR) is 142 cm³/mol. The summed E-state index contributed by atoms with van der Waals surface area (Å²) in [6.07, 6.45) is -1.31. The van der Waals surface area contributed by atoms with Crippen LogP contribution in [0, 0.1) is 0 Å². The molecule has 0 radical (unpaired) electrons. The fourth-order valence-electron chi connectivity index (χ4n) is 4.91. The van der Waals surface area contributed by atoms with E-state index < -0.39 is 23.5 Å². The van der Waals surface area contributed by atoms with Gasteiger partial charge in [0.1, 0.15) is 27.6 Å². The second-order valence-corrected chi connectivity index (χ2v) is 10.4. The molecule has 1 aliphatic heterocycles. The average Bonchev–Trinajstić information content (AvgIpc) is 3.66. The standard InChI is InChI=1S/C27H28F3N5O4S/c1-4-17(31)22-21(24(36)35-12-9-26(38-3,10-13-35)25-32-11-14-40-25)34-23(39-22)16-5-7-18(37-2)20-15(16)6-8-19(33-20)27(28,29)30/h5-8,11,14,17H,4,9-10,12-13,31H2,1-3H3/t17-/m0/s1. The Kier molecular flexibility index (Phi) is 7.55. The van der Waals surface area contributed by atoms with Gasteiger partial charge in [0, 0.05) is 55.6 Å². The lowest BCUT2D eigenvalue weighted by atomic mass is 9.91. The zero-order valence-corrected chi connectivity index (χ0v) is 22.9. The smallest absolute Gasteiger partial charge is 0.433 e. The van der Waals surface area contributed by atoms with Gasteiger partial charge < -0.3 is 24.5 Å². The molecule has 13 heteroatoms. The molecule has 40 heavy (non-hydrogen) atoms. The average molecular weight is 576 g/mol. The number of likely N-dealkylation sites (tertiary alicyclic amines) is 1. The molecule has 9 nitrogen and oxygen atoms in total. The minimum Gasteiger partial charge on any atom is -0.494 e. The van der Waals surface area contributed by atoms with E-state index in [1.165, 1.54) is 30.6 Å². The largest absolute Gasteiger partial charge is 0.494 e. The van der Waals surface area contributed by atoms with Gasteiger partial charge in [-0.25, -0.2) is 15.0 Å². The molecular formula is C27H28F3N5O4S. The number of benzene rings is 1. The van der Waals surface area contributed by atoms with Crippen molar-refractivity contribution in [1.29, 1.82) is 0 Å². The molecule has 0 aliphatic carbocycles. The van der Waals surface area contributed by atoms with Crippen LogP contribution in [-0.2, 0) is 16.5 Å². The van der Waals surface area contributed by atoms with E-state index in [9.17, 15) is 18.0 Å². The van der Waals surface area contributed by atoms with E-state index in [-0.39, 0.29) is 34.5 Å². The quantitative estimate of drug-likeness (QED) is 0.304. The molecule has 212 valence electrons. The maximum Gasteiger partial charge on any atom is 0.433 e. The Morgan fingerprint density at radius 1 is 1.20 bits per heavy atom. The number of piperidine rings is 1. The Labute approximate surface area is 232 Å². The van der Waals surface area contributed by atoms with Crippen LogP contribution in [0.2, 0.25) is 0 Å². The van der Waals surface area contributed by atoms with Crippen molar-refractivity contribution >= 4 is 28.1 Å². The highest BCUT2D eigenvalue weighted by Crippen LogP contribution is 2.40. The van der Waals surface area contributed by atoms with Crippen molar-refractivity contribution in [2.24, 2.45) is 5.73 Å². The number of halogens is 3. The zero-order chi connectivity index (χ0) is 28.7. The van der Waals surface area contributed by atoms with Crippen LogP contribution in [0.25, 0.3) is 22.4 Å². The number of thiazole rings is 1. The maximum atomic E-state index is 13.7. The van der Waals surface area contributed by atoms with Crippen LogP contribution < -0.4 is 10.5 Å². The molecule has 0 bridgehead atoms. The highest BCUT2D eigenvalue weighted by atomic mass is 32.1. The summed E-state index contributed by atoms with van der Waals surface area (Å²) in [5.41, 5.74) is 5.14. The number of aromatic nitrogens is 3. The van der Waals surface area contributed by atoms with Crippen molar-refractivity contribution in [3.8, 4) is 17.2 Å². The van der Waals surface area contributed by atoms with E-state index in [0.29, 0.717) is 43.3 Å². The summed E-state index contributed by atoms with van der Waals surface area (Å²) >= 11 is 1.51. The molecule has 5 rings (SSSR count). The van der Waals surface area contributed by atoms with Gasteiger partial charge in [0.2, 0.25) is 5.89 Å². The lowest BCUT2D eigenvalue weighted by Gasteiger charge is -2.39. The number of carbonyl (C=O) groups is 1. The van der Waals surface area contributed by atoms with Crippen LogP contribution in [0.3, 0.4) is 0 Å². The van der Waals surface area contributed by atoms with Crippen molar-refractivity contribution in [3.63, 3.8) is 0 Å². The van der Waals surface area contributed by atoms with Crippen LogP contribution in [0.4, 0.5) is 13.2 Å². The van der Waals surface area contributed by atoms with E-state index >= 15 is 0 Å². The highest BCUT2D eigenvalue weighted by Gasteiger charge is 2.41. The summed E-state index contributed by atoms with van der Waals surface area (Å²) in [5.74, 6) is 0.0961. The van der Waals surface area contributed by atoms with Crippen LogP contribution in [-0.4, -0.2) is 53.1 Å². The van der Waals surface area contributed by atoms with Crippen molar-refractivity contribution in [2.45, 2.75) is 44.0 Å². The SMILES string of the molecule is CC[C@H](N)c1oc(-c2ccc(OC)c3nc(C(F)(F)F)ccc23)nc1C(=O)N1CCC(OC)(c2nccs2)CC1. The number of rotatable bonds is 7. The third-order valence-corrected chi connectivity index (χ3v) is 8.22. The molecule has 1 amide bonds. The predicted octanol–water partition coefficient (Wildman–Crippen LogP) is 5.56. The number of amides is 1. The van der Waals surface area contributed by atoms with Crippen molar-refractivity contribution in [2.75, 3.05) is 27.3 Å². The minimum absolute atomic E-state index is 0.00337. The first kappa shape index (κ1) is 28.0. The number of oxazole rings is 1. The van der Waals surface area contributed by atoms with E-state index in [4.69, 9.17) is 19.6 Å². The Morgan fingerprint density at radius 2 is 1.95 bits per heavy atom. The number of fused-ring (bicyclic) bond motifs is 1. The Bertz CT molecular complexity index is 1510. The van der Waals surface area contributed by atoms with E-state index in [1.807, 2.05) is 12.3 Å². The molecule has 1 atom stereocenters. The third-order valence-electron chi connectivity index (χ3n) is 7.26. The summed E-state index contributed by atoms with van der Waals surface area (Å²) < 4.78 is 57.3. The summed E-state index contributed by atoms with van der Waals surface area (Å²) in [6, 6.07) is 4.67. The number of nitrogens with two attached hydrogens (primary N) is 1. The maximum absolute atomic E-state index is 13.7. The van der Waals surface area contributed by atoms with Crippen molar-refractivity contribution < 1.29 is 31.9 Å². The molecule has 0 saturated carbocycles. The fraction of sp³-hybridized carbons (Fsp3) is 0.407. The number of ether oxygens (including phenoxy) is 2. The summed E-state index contributed by atoms with van der Waals surface area (Å²) in [4.78, 5) is 28.2. The number of nitrogens with zero attached hydrogens (tertiary/aromatic N) is 4. The molecule has 4 heterocycles. The van der Waals surface area contributed by atoms with Gasteiger partial charge >= 0.3 is 6.18 Å². The Hall–Kier alpha value is -3.55. The summed E-state index contributed by atoms with van der Waals surface area (Å²) in [7, 11) is 2.99. The first-order valence-corrected chi connectivity index (χ1v) is 13.6. The first-order valence-electron chi connectivity index (χ1n) is 12.7. The van der Waals surface area contributed by atoms with Gasteiger partial charge in [-0.05, 0) is 30.7 Å². The molecule has 3 aromatic heterocycles. The number of carbonyl (C=O) groups excluding carboxylic acids is 1. The second-order valence-electron chi connectivity index (χ2n) is 9.48. The van der Waals surface area contributed by atoms with E-state index in [1.54, 1.807) is 24.3 Å². The lowest BCUT2D eigenvalue weighted by Crippen LogP contribution is -2.46. The van der Waals surface area contributed by atoms with Gasteiger partial charge in [-0.3, -0.25) is 4.79 Å². The monoisotopic (exact) mass is 575 g/mol. The molecule has 2 N–H and O–H groups in total. The van der Waals surface area contributed by atoms with Crippen LogP contribution in [0.1, 0.15) is 59.2 Å². The number of hydrogen-bond donors (Lipinski definition) is 1. The number of alkyl halides is 3. The van der Waals surface area contributed by atoms with Gasteiger partial charge in [0.15, 0.2) is 11.5 Å². The van der Waals surface area contributed by atoms with Gasteiger partial charge in [0.25, 0.3) is 5.91 Å². The molecular weight excluding hydrogens is 547 g/mol. The minimum atomic E-state index is -4.63. The fourth-order valence-corrected chi connectivity index (χ4v) is 5.79. The zero-order valence-electron chi connectivity index (χ0n) is 22.1. The van der Waals surface area contributed by atoms with Gasteiger partial charge in [0.05, 0.1) is 13.2 Å². The Balaban J connectivity index is 1.51. The molecule has 1 saturated heterocycles. The normalized spacial score (nSPS) is 16.3. The summed E-state index contributed by atoms with van der Waals surface area (Å²) in [6.45, 7) is 2.67. The number of pyridine rings is 1. The molecule has 1 aliphatic rings. The van der Waals surface area contributed by atoms with E-state index in [2.05, 4.69) is 15.0 Å². The second kappa shape index (κ2) is 10.8. The van der Waals surface area contributed by atoms with Crippen LogP contribution in [0.15, 0.2) is 40.3 Å². The molecule has 4 aromatic rings. The number of hydrogen-bond acceptors (Lipinski definition) is 9. The topological polar surface area (TPSA) is 117 Å². The van der Waals surface area contributed by atoms with Crippen molar-refractivity contribution in [3.05, 3.63) is 58.0 Å². The molecule has 0 spiro atoms. The van der Waals surface area contributed by atoms with E-state index in [0.717, 1.165) is 11.1 Å².